The molecule has 0 aliphatic heterocycles. The van der Waals surface area contributed by atoms with Crippen molar-refractivity contribution in [1.29, 1.82) is 0 Å². The third-order valence-electron chi connectivity index (χ3n) is 11.3. The highest BCUT2D eigenvalue weighted by atomic mass is 31.2. The van der Waals surface area contributed by atoms with Crippen LogP contribution >= 0.6 is 7.82 Å². The lowest BCUT2D eigenvalue weighted by atomic mass is 10.0. The van der Waals surface area contributed by atoms with Crippen molar-refractivity contribution in [2.24, 2.45) is 5.73 Å². The summed E-state index contributed by atoms with van der Waals surface area (Å²) >= 11 is 0. The zero-order valence-electron chi connectivity index (χ0n) is 38.3. The minimum Gasteiger partial charge on any atom is -0.387 e. The van der Waals surface area contributed by atoms with Crippen LogP contribution in [0.4, 0.5) is 0 Å². The molecule has 0 saturated heterocycles. The molecule has 0 spiro atoms. The molecule has 0 aliphatic rings. The van der Waals surface area contributed by atoms with Gasteiger partial charge >= 0.3 is 7.82 Å². The molecule has 3 atom stereocenters. The van der Waals surface area contributed by atoms with Crippen LogP contribution in [0.5, 0.6) is 0 Å². The molecule has 58 heavy (non-hydrogen) atoms. The summed E-state index contributed by atoms with van der Waals surface area (Å²) in [6.07, 6.45) is 53.9. The Morgan fingerprint density at radius 1 is 0.552 bits per heavy atom. The van der Waals surface area contributed by atoms with Crippen LogP contribution in [-0.4, -0.2) is 47.8 Å². The van der Waals surface area contributed by atoms with Crippen molar-refractivity contribution >= 4 is 13.7 Å². The van der Waals surface area contributed by atoms with Crippen molar-refractivity contribution in [3.05, 3.63) is 24.3 Å². The number of hydrogen-bond donors (Lipinski definition) is 4. The van der Waals surface area contributed by atoms with E-state index in [-0.39, 0.29) is 25.7 Å². The number of nitrogens with one attached hydrogen (secondary N) is 1. The number of rotatable bonds is 47. The number of carbonyl (C=O) groups is 1. The number of aliphatic hydroxyl groups excluding tert-OH is 1. The fourth-order valence-electron chi connectivity index (χ4n) is 7.50. The number of aliphatic hydroxyl groups is 1. The van der Waals surface area contributed by atoms with E-state index in [4.69, 9.17) is 14.8 Å². The predicted molar refractivity (Wildman–Crippen MR) is 249 cm³/mol. The van der Waals surface area contributed by atoms with Gasteiger partial charge in [-0.1, -0.05) is 237 Å². The Morgan fingerprint density at radius 2 is 0.914 bits per heavy atom. The summed E-state index contributed by atoms with van der Waals surface area (Å²) in [6.45, 7) is 4.15. The Bertz CT molecular complexity index is 963. The average Bonchev–Trinajstić information content (AvgIpc) is 3.21. The smallest absolute Gasteiger partial charge is 0.387 e. The number of unbranched alkanes of at least 4 members (excludes halogenated alkanes) is 33. The first-order valence-electron chi connectivity index (χ1n) is 25.0. The number of carbonyl (C=O) groups excluding carboxylic acids is 1. The van der Waals surface area contributed by atoms with Crippen LogP contribution in [0.1, 0.15) is 251 Å². The number of phosphoric acid groups is 1. The molecule has 3 unspecified atom stereocenters. The van der Waals surface area contributed by atoms with E-state index in [2.05, 4.69) is 31.3 Å². The Kier molecular flexibility index (Phi) is 44.7. The van der Waals surface area contributed by atoms with Gasteiger partial charge in [0.1, 0.15) is 0 Å². The number of hydrogen-bond acceptors (Lipinski definition) is 6. The SMILES string of the molecule is CCCCCCCCCCCCCC/C=C/CC/C=C/C(O)C(COP(=O)(O)OCCN)NC(=O)CCCCCCCCCCCCCCCCCCCCCCC. The molecule has 0 rings (SSSR count). The van der Waals surface area contributed by atoms with Gasteiger partial charge in [0.25, 0.3) is 0 Å². The fourth-order valence-corrected chi connectivity index (χ4v) is 8.26. The van der Waals surface area contributed by atoms with Crippen LogP contribution in [-0.2, 0) is 18.4 Å². The second-order valence-corrected chi connectivity index (χ2v) is 18.5. The van der Waals surface area contributed by atoms with Crippen LogP contribution in [0.2, 0.25) is 0 Å². The summed E-state index contributed by atoms with van der Waals surface area (Å²) in [5.74, 6) is -0.199. The molecule has 0 aromatic rings. The molecule has 344 valence electrons. The lowest BCUT2D eigenvalue weighted by molar-refractivity contribution is -0.123. The third kappa shape index (κ3) is 43.1. The van der Waals surface area contributed by atoms with Crippen molar-refractivity contribution in [2.45, 2.75) is 264 Å². The van der Waals surface area contributed by atoms with E-state index < -0.39 is 20.0 Å². The third-order valence-corrected chi connectivity index (χ3v) is 12.3. The average molecular weight is 841 g/mol. The summed E-state index contributed by atoms with van der Waals surface area (Å²) in [4.78, 5) is 22.8. The molecule has 0 bridgehead atoms. The summed E-state index contributed by atoms with van der Waals surface area (Å²) < 4.78 is 22.2. The highest BCUT2D eigenvalue weighted by Crippen LogP contribution is 2.43. The Hall–Kier alpha value is -1.02. The molecule has 0 radical (unpaired) electrons. The first-order chi connectivity index (χ1) is 28.4. The van der Waals surface area contributed by atoms with E-state index in [0.29, 0.717) is 6.42 Å². The maximum Gasteiger partial charge on any atom is 0.472 e. The summed E-state index contributed by atoms with van der Waals surface area (Å²) in [5.41, 5.74) is 5.39. The van der Waals surface area contributed by atoms with E-state index in [1.165, 1.54) is 193 Å². The quantitative estimate of drug-likeness (QED) is 0.0273. The minimum absolute atomic E-state index is 0.0761. The minimum atomic E-state index is -4.35. The van der Waals surface area contributed by atoms with E-state index in [0.717, 1.165) is 38.5 Å². The van der Waals surface area contributed by atoms with Crippen molar-refractivity contribution in [1.82, 2.24) is 5.32 Å². The normalized spacial score (nSPS) is 14.1. The van der Waals surface area contributed by atoms with E-state index >= 15 is 0 Å². The molecule has 0 heterocycles. The van der Waals surface area contributed by atoms with Gasteiger partial charge in [-0.15, -0.1) is 0 Å². The predicted octanol–water partition coefficient (Wildman–Crippen LogP) is 14.5. The summed E-state index contributed by atoms with van der Waals surface area (Å²) in [5, 5.41) is 13.7. The highest BCUT2D eigenvalue weighted by Gasteiger charge is 2.26. The molecule has 0 aliphatic carbocycles. The highest BCUT2D eigenvalue weighted by molar-refractivity contribution is 7.47. The molecule has 0 fully saturated rings. The van der Waals surface area contributed by atoms with E-state index in [1.54, 1.807) is 6.08 Å². The molecular weight excluding hydrogens is 744 g/mol. The lowest BCUT2D eigenvalue weighted by Gasteiger charge is -2.23. The summed E-state index contributed by atoms with van der Waals surface area (Å²) in [6, 6.07) is -0.873. The van der Waals surface area contributed by atoms with Gasteiger partial charge in [0.15, 0.2) is 0 Å². The molecule has 8 nitrogen and oxygen atoms in total. The molecular formula is C49H97N2O6P. The second-order valence-electron chi connectivity index (χ2n) is 17.0. The first-order valence-corrected chi connectivity index (χ1v) is 26.5. The largest absolute Gasteiger partial charge is 0.472 e. The van der Waals surface area contributed by atoms with Gasteiger partial charge < -0.3 is 21.1 Å². The van der Waals surface area contributed by atoms with Gasteiger partial charge in [-0.25, -0.2) is 4.57 Å². The molecule has 1 amide bonds. The van der Waals surface area contributed by atoms with Gasteiger partial charge in [-0.05, 0) is 32.1 Å². The second kappa shape index (κ2) is 45.5. The van der Waals surface area contributed by atoms with Crippen LogP contribution in [0.3, 0.4) is 0 Å². The van der Waals surface area contributed by atoms with Crippen molar-refractivity contribution in [3.8, 4) is 0 Å². The van der Waals surface area contributed by atoms with Gasteiger partial charge in [0.2, 0.25) is 5.91 Å². The molecule has 0 aromatic heterocycles. The molecule has 9 heteroatoms. The molecule has 0 aromatic carbocycles. The zero-order chi connectivity index (χ0) is 42.5. The number of phosphoric ester groups is 1. The number of nitrogens with two attached hydrogens (primary N) is 1. The first kappa shape index (κ1) is 57.0. The van der Waals surface area contributed by atoms with E-state index in [9.17, 15) is 19.4 Å². The van der Waals surface area contributed by atoms with Crippen molar-refractivity contribution in [3.63, 3.8) is 0 Å². The maximum absolute atomic E-state index is 12.8. The van der Waals surface area contributed by atoms with Crippen molar-refractivity contribution in [2.75, 3.05) is 19.8 Å². The molecule has 5 N–H and O–H groups in total. The Balaban J connectivity index is 4.12. The van der Waals surface area contributed by atoms with Gasteiger partial charge in [-0.3, -0.25) is 13.8 Å². The Labute approximate surface area is 359 Å². The number of allylic oxidation sites excluding steroid dienone is 3. The van der Waals surface area contributed by atoms with Crippen LogP contribution in [0.25, 0.3) is 0 Å². The van der Waals surface area contributed by atoms with Crippen LogP contribution < -0.4 is 11.1 Å². The van der Waals surface area contributed by atoms with Gasteiger partial charge in [-0.2, -0.15) is 0 Å². The zero-order valence-corrected chi connectivity index (χ0v) is 39.2. The maximum atomic E-state index is 12.8. The lowest BCUT2D eigenvalue weighted by Crippen LogP contribution is -2.45. The van der Waals surface area contributed by atoms with E-state index in [1.807, 2.05) is 6.08 Å². The van der Waals surface area contributed by atoms with Crippen LogP contribution in [0, 0.1) is 0 Å². The van der Waals surface area contributed by atoms with Gasteiger partial charge in [0.05, 0.1) is 25.4 Å². The molecule has 0 saturated carbocycles. The monoisotopic (exact) mass is 841 g/mol. The van der Waals surface area contributed by atoms with Crippen LogP contribution in [0.15, 0.2) is 24.3 Å². The standard InChI is InChI=1S/C49H97N2O6P/c1-3-5-7-9-11-13-15-17-19-21-23-24-25-27-29-31-33-35-37-39-41-43-49(53)51-47(46-57-58(54,55)56-45-44-50)48(52)42-40-38-36-34-32-30-28-26-22-20-18-16-14-12-10-8-6-4-2/h32,34,40,42,47-48,52H,3-31,33,35-39,41,43-46,50H2,1-2H3,(H,51,53)(H,54,55)/b34-32+,42-40+. The van der Waals surface area contributed by atoms with Crippen molar-refractivity contribution < 1.29 is 28.4 Å². The fraction of sp³-hybridized carbons (Fsp3) is 0.898. The Morgan fingerprint density at radius 3 is 1.33 bits per heavy atom. The topological polar surface area (TPSA) is 131 Å². The number of amides is 1. The summed E-state index contributed by atoms with van der Waals surface area (Å²) in [7, 11) is -4.35. The van der Waals surface area contributed by atoms with Gasteiger partial charge in [0, 0.05) is 13.0 Å².